The van der Waals surface area contributed by atoms with Crippen LogP contribution in [0.1, 0.15) is 48.3 Å². The van der Waals surface area contributed by atoms with Crippen LogP contribution in [0.5, 0.6) is 0 Å². The van der Waals surface area contributed by atoms with E-state index in [0.29, 0.717) is 17.3 Å². The third kappa shape index (κ3) is 2.27. The van der Waals surface area contributed by atoms with Gasteiger partial charge in [-0.15, -0.1) is 0 Å². The second kappa shape index (κ2) is 5.21. The molecule has 21 heavy (non-hydrogen) atoms. The molecule has 0 unspecified atom stereocenters. The smallest absolute Gasteiger partial charge is 0.142 e. The normalized spacial score (nSPS) is 15.3. The molecular weight excluding hydrogens is 262 g/mol. The first-order chi connectivity index (χ1) is 10.1. The van der Waals surface area contributed by atoms with E-state index in [1.165, 1.54) is 12.8 Å². The Balaban J connectivity index is 2.21. The topological polar surface area (TPSA) is 80.5 Å². The molecule has 5 nitrogen and oxygen atoms in total. The summed E-state index contributed by atoms with van der Waals surface area (Å²) in [5.74, 6) is 0.768. The molecular formula is C16H19N5. The van der Waals surface area contributed by atoms with Gasteiger partial charge in [-0.3, -0.25) is 4.68 Å². The van der Waals surface area contributed by atoms with Crippen LogP contribution < -0.4 is 5.73 Å². The maximum atomic E-state index is 9.46. The summed E-state index contributed by atoms with van der Waals surface area (Å²) in [6, 6.07) is 2.26. The Morgan fingerprint density at radius 2 is 2.10 bits per heavy atom. The van der Waals surface area contributed by atoms with Gasteiger partial charge in [0.2, 0.25) is 0 Å². The third-order valence-electron chi connectivity index (χ3n) is 4.37. The molecule has 0 aromatic carbocycles. The van der Waals surface area contributed by atoms with Crippen LogP contribution in [0.25, 0.3) is 11.3 Å². The van der Waals surface area contributed by atoms with E-state index in [1.807, 2.05) is 20.2 Å². The van der Waals surface area contributed by atoms with Crippen molar-refractivity contribution in [2.75, 3.05) is 5.73 Å². The number of rotatable bonds is 2. The number of anilines is 1. The Labute approximate surface area is 124 Å². The number of nitrogens with zero attached hydrogens (tertiary/aromatic N) is 4. The lowest BCUT2D eigenvalue weighted by Gasteiger charge is -2.18. The summed E-state index contributed by atoms with van der Waals surface area (Å²) in [4.78, 5) is 4.46. The molecule has 2 aromatic rings. The lowest BCUT2D eigenvalue weighted by Crippen LogP contribution is -2.08. The van der Waals surface area contributed by atoms with Gasteiger partial charge in [-0.2, -0.15) is 10.4 Å². The largest absolute Gasteiger partial charge is 0.383 e. The van der Waals surface area contributed by atoms with Gasteiger partial charge in [-0.1, -0.05) is 12.8 Å². The highest BCUT2D eigenvalue weighted by atomic mass is 15.2. The van der Waals surface area contributed by atoms with E-state index in [9.17, 15) is 5.26 Å². The summed E-state index contributed by atoms with van der Waals surface area (Å²) >= 11 is 0. The van der Waals surface area contributed by atoms with Gasteiger partial charge in [0.15, 0.2) is 0 Å². The third-order valence-corrected chi connectivity index (χ3v) is 4.37. The van der Waals surface area contributed by atoms with Crippen molar-refractivity contribution < 1.29 is 0 Å². The fourth-order valence-corrected chi connectivity index (χ4v) is 3.38. The first-order valence-corrected chi connectivity index (χ1v) is 7.31. The maximum Gasteiger partial charge on any atom is 0.142 e. The molecule has 1 fully saturated rings. The molecule has 1 aliphatic carbocycles. The van der Waals surface area contributed by atoms with E-state index in [2.05, 4.69) is 16.2 Å². The zero-order valence-corrected chi connectivity index (χ0v) is 12.4. The average molecular weight is 281 g/mol. The van der Waals surface area contributed by atoms with Crippen LogP contribution in [0.2, 0.25) is 0 Å². The molecule has 2 heterocycles. The molecule has 5 heteroatoms. The van der Waals surface area contributed by atoms with Gasteiger partial charge in [0, 0.05) is 18.8 Å². The van der Waals surface area contributed by atoms with Gasteiger partial charge >= 0.3 is 0 Å². The average Bonchev–Trinajstić information content (AvgIpc) is 3.11. The lowest BCUT2D eigenvalue weighted by atomic mass is 9.88. The van der Waals surface area contributed by atoms with Crippen LogP contribution in [-0.4, -0.2) is 14.8 Å². The molecule has 0 aliphatic heterocycles. The first kappa shape index (κ1) is 13.6. The summed E-state index contributed by atoms with van der Waals surface area (Å²) in [7, 11) is 1.88. The lowest BCUT2D eigenvalue weighted by molar-refractivity contribution is 0.715. The molecule has 0 saturated heterocycles. The number of aryl methyl sites for hydroxylation is 1. The summed E-state index contributed by atoms with van der Waals surface area (Å²) in [5, 5.41) is 13.7. The van der Waals surface area contributed by atoms with Crippen molar-refractivity contribution in [3.8, 4) is 17.3 Å². The molecule has 0 atom stereocenters. The quantitative estimate of drug-likeness (QED) is 0.917. The monoisotopic (exact) mass is 281 g/mol. The van der Waals surface area contributed by atoms with Crippen molar-refractivity contribution in [2.24, 2.45) is 7.05 Å². The minimum atomic E-state index is 0.337. The van der Waals surface area contributed by atoms with Crippen LogP contribution >= 0.6 is 0 Å². The van der Waals surface area contributed by atoms with Crippen LogP contribution in [-0.2, 0) is 7.05 Å². The molecule has 0 bridgehead atoms. The zero-order chi connectivity index (χ0) is 15.0. The number of nitrogen functional groups attached to an aromatic ring is 1. The molecule has 3 rings (SSSR count). The molecule has 2 aromatic heterocycles. The highest BCUT2D eigenvalue weighted by Crippen LogP contribution is 2.41. The number of nitriles is 1. The Hall–Kier alpha value is -2.35. The molecule has 0 amide bonds. The Bertz CT molecular complexity index is 717. The number of nitrogens with two attached hydrogens (primary N) is 1. The van der Waals surface area contributed by atoms with Gasteiger partial charge in [0.05, 0.1) is 17.5 Å². The van der Waals surface area contributed by atoms with Gasteiger partial charge in [-0.25, -0.2) is 4.98 Å². The molecule has 0 spiro atoms. The van der Waals surface area contributed by atoms with Gasteiger partial charge in [0.25, 0.3) is 0 Å². The summed E-state index contributed by atoms with van der Waals surface area (Å²) < 4.78 is 1.75. The Kier molecular flexibility index (Phi) is 3.38. The van der Waals surface area contributed by atoms with E-state index in [-0.39, 0.29) is 0 Å². The first-order valence-electron chi connectivity index (χ1n) is 7.31. The minimum Gasteiger partial charge on any atom is -0.383 e. The molecule has 1 aliphatic rings. The van der Waals surface area contributed by atoms with Crippen LogP contribution in [0.3, 0.4) is 0 Å². The van der Waals surface area contributed by atoms with Gasteiger partial charge in [-0.05, 0) is 36.8 Å². The van der Waals surface area contributed by atoms with Crippen molar-refractivity contribution in [3.05, 3.63) is 29.1 Å². The van der Waals surface area contributed by atoms with Crippen LogP contribution in [0.15, 0.2) is 12.4 Å². The van der Waals surface area contributed by atoms with E-state index in [4.69, 9.17) is 5.73 Å². The summed E-state index contributed by atoms with van der Waals surface area (Å²) in [6.45, 7) is 2.04. The highest BCUT2D eigenvalue weighted by Gasteiger charge is 2.26. The number of hydrogen-bond donors (Lipinski definition) is 1. The van der Waals surface area contributed by atoms with Crippen LogP contribution in [0.4, 0.5) is 5.82 Å². The second-order valence-electron chi connectivity index (χ2n) is 5.76. The van der Waals surface area contributed by atoms with Crippen molar-refractivity contribution in [3.63, 3.8) is 0 Å². The molecule has 108 valence electrons. The Morgan fingerprint density at radius 3 is 2.67 bits per heavy atom. The SMILES string of the molecule is Cc1c(-c2cnn(C)c2)nc(N)c(C#N)c1C1CCCC1. The summed E-state index contributed by atoms with van der Waals surface area (Å²) in [5.41, 5.74) is 10.6. The van der Waals surface area contributed by atoms with Crippen LogP contribution in [0, 0.1) is 18.3 Å². The standard InChI is InChI=1S/C16H19N5/c1-10-14(11-5-3-4-6-11)13(7-17)16(18)20-15(10)12-8-19-21(2)9-12/h8-9,11H,3-6H2,1-2H3,(H2,18,20). The van der Waals surface area contributed by atoms with Gasteiger partial charge in [0.1, 0.15) is 11.9 Å². The fraction of sp³-hybridized carbons (Fsp3) is 0.438. The van der Waals surface area contributed by atoms with Crippen molar-refractivity contribution in [1.29, 1.82) is 5.26 Å². The number of pyridine rings is 1. The molecule has 2 N–H and O–H groups in total. The minimum absolute atomic E-state index is 0.337. The second-order valence-corrected chi connectivity index (χ2v) is 5.76. The Morgan fingerprint density at radius 1 is 1.38 bits per heavy atom. The maximum absolute atomic E-state index is 9.46. The number of aromatic nitrogens is 3. The predicted molar refractivity (Wildman–Crippen MR) is 81.5 cm³/mol. The molecule has 1 saturated carbocycles. The van der Waals surface area contributed by atoms with Gasteiger partial charge < -0.3 is 5.73 Å². The summed E-state index contributed by atoms with van der Waals surface area (Å²) in [6.07, 6.45) is 8.42. The zero-order valence-electron chi connectivity index (χ0n) is 12.4. The highest BCUT2D eigenvalue weighted by molar-refractivity contribution is 5.70. The van der Waals surface area contributed by atoms with E-state index >= 15 is 0 Å². The number of hydrogen-bond acceptors (Lipinski definition) is 4. The van der Waals surface area contributed by atoms with Crippen molar-refractivity contribution in [2.45, 2.75) is 38.5 Å². The molecule has 0 radical (unpaired) electrons. The van der Waals surface area contributed by atoms with E-state index in [0.717, 1.165) is 35.2 Å². The predicted octanol–water partition coefficient (Wildman–Crippen LogP) is 2.90. The van der Waals surface area contributed by atoms with Crippen molar-refractivity contribution >= 4 is 5.82 Å². The fourth-order valence-electron chi connectivity index (χ4n) is 3.38. The van der Waals surface area contributed by atoms with E-state index in [1.54, 1.807) is 10.9 Å². The van der Waals surface area contributed by atoms with Crippen molar-refractivity contribution in [1.82, 2.24) is 14.8 Å². The van der Waals surface area contributed by atoms with E-state index < -0.39 is 0 Å².